The van der Waals surface area contributed by atoms with Gasteiger partial charge in [0.05, 0.1) is 37.1 Å². The van der Waals surface area contributed by atoms with Gasteiger partial charge in [0.15, 0.2) is 0 Å². The first-order valence-corrected chi connectivity index (χ1v) is 14.2. The molecule has 0 aliphatic carbocycles. The lowest BCUT2D eigenvalue weighted by Gasteiger charge is -2.38. The fraction of sp³-hybridized carbons (Fsp3) is 0.724. The number of hydrogen-bond donors (Lipinski definition) is 2. The van der Waals surface area contributed by atoms with Crippen molar-refractivity contribution >= 4 is 23.7 Å². The number of nitrogens with one attached hydrogen (secondary N) is 1. The molecule has 3 heterocycles. The lowest BCUT2D eigenvalue weighted by atomic mass is 9.70. The zero-order valence-corrected chi connectivity index (χ0v) is 23.6. The molecule has 0 aromatic rings. The molecule has 0 saturated carbocycles. The van der Waals surface area contributed by atoms with Crippen LogP contribution in [0, 0.1) is 11.8 Å². The van der Waals surface area contributed by atoms with Crippen LogP contribution in [0.5, 0.6) is 0 Å². The summed E-state index contributed by atoms with van der Waals surface area (Å²) in [7, 11) is 0. The van der Waals surface area contributed by atoms with Gasteiger partial charge in [-0.2, -0.15) is 0 Å². The van der Waals surface area contributed by atoms with E-state index in [4.69, 9.17) is 9.47 Å². The normalized spacial score (nSPS) is 28.5. The molecular weight excluding hydrogens is 502 g/mol. The Morgan fingerprint density at radius 3 is 2.67 bits per heavy atom. The topological polar surface area (TPSA) is 125 Å². The number of nitrogens with zero attached hydrogens (tertiary/aromatic N) is 2. The number of likely N-dealkylation sites (tertiary alicyclic amines) is 1. The first-order valence-electron chi connectivity index (χ1n) is 14.2. The molecule has 0 aromatic carbocycles. The number of amides is 3. The predicted molar refractivity (Wildman–Crippen MR) is 145 cm³/mol. The summed E-state index contributed by atoms with van der Waals surface area (Å²) >= 11 is 0. The number of unbranched alkanes of at least 4 members (excludes halogenated alkanes) is 2. The van der Waals surface area contributed by atoms with E-state index in [0.29, 0.717) is 38.8 Å². The first kappa shape index (κ1) is 30.8. The summed E-state index contributed by atoms with van der Waals surface area (Å²) in [6.45, 7) is 13.5. The molecule has 39 heavy (non-hydrogen) atoms. The largest absolute Gasteiger partial charge is 0.460 e. The first-order chi connectivity index (χ1) is 18.7. The molecule has 3 saturated heterocycles. The van der Waals surface area contributed by atoms with Crippen LogP contribution >= 0.6 is 0 Å². The number of hydrogen-bond acceptors (Lipinski definition) is 7. The number of rotatable bonds is 16. The number of ether oxygens (including phenoxy) is 2. The summed E-state index contributed by atoms with van der Waals surface area (Å²) in [6, 6.07) is -1.57. The van der Waals surface area contributed by atoms with E-state index in [1.165, 1.54) is 4.90 Å². The van der Waals surface area contributed by atoms with Gasteiger partial charge in [-0.3, -0.25) is 19.2 Å². The molecule has 10 nitrogen and oxygen atoms in total. The van der Waals surface area contributed by atoms with Crippen molar-refractivity contribution in [1.82, 2.24) is 15.1 Å². The van der Waals surface area contributed by atoms with Crippen LogP contribution in [0.2, 0.25) is 0 Å². The maximum Gasteiger partial charge on any atom is 0.312 e. The quantitative estimate of drug-likeness (QED) is 0.172. The van der Waals surface area contributed by atoms with Crippen molar-refractivity contribution in [2.45, 2.75) is 95.6 Å². The van der Waals surface area contributed by atoms with Gasteiger partial charge in [0, 0.05) is 19.5 Å². The van der Waals surface area contributed by atoms with Crippen molar-refractivity contribution in [3.8, 4) is 0 Å². The van der Waals surface area contributed by atoms with Crippen LogP contribution < -0.4 is 5.32 Å². The minimum atomic E-state index is -1.15. The molecule has 3 aliphatic heterocycles. The van der Waals surface area contributed by atoms with Crippen molar-refractivity contribution in [1.29, 1.82) is 0 Å². The number of carbonyl (C=O) groups excluding carboxylic acids is 4. The molecule has 3 aliphatic rings. The number of fused-ring (bicyclic) bond motifs is 1. The van der Waals surface area contributed by atoms with E-state index in [0.717, 1.165) is 19.3 Å². The second kappa shape index (κ2) is 13.6. The molecule has 2 bridgehead atoms. The van der Waals surface area contributed by atoms with Crippen molar-refractivity contribution in [2.75, 3.05) is 26.2 Å². The second-order valence-electron chi connectivity index (χ2n) is 11.0. The average molecular weight is 548 g/mol. The molecule has 10 heteroatoms. The third-order valence-corrected chi connectivity index (χ3v) is 8.16. The second-order valence-corrected chi connectivity index (χ2v) is 11.0. The Morgan fingerprint density at radius 2 is 2.03 bits per heavy atom. The Hall–Kier alpha value is -2.72. The molecule has 3 rings (SSSR count). The van der Waals surface area contributed by atoms with Gasteiger partial charge in [-0.1, -0.05) is 31.9 Å². The summed E-state index contributed by atoms with van der Waals surface area (Å²) in [6.07, 6.45) is 6.83. The average Bonchev–Trinajstić information content (AvgIpc) is 3.56. The van der Waals surface area contributed by atoms with E-state index >= 15 is 0 Å². The Labute approximate surface area is 231 Å². The molecule has 0 unspecified atom stereocenters. The van der Waals surface area contributed by atoms with Crippen LogP contribution in [0.1, 0.15) is 65.7 Å². The van der Waals surface area contributed by atoms with Crippen LogP contribution in [0.15, 0.2) is 25.3 Å². The molecule has 3 amide bonds. The lowest BCUT2D eigenvalue weighted by Crippen LogP contribution is -2.58. The highest BCUT2D eigenvalue weighted by Gasteiger charge is 2.75. The van der Waals surface area contributed by atoms with Crippen LogP contribution in [0.4, 0.5) is 0 Å². The van der Waals surface area contributed by atoms with Crippen LogP contribution in [0.3, 0.4) is 0 Å². The van der Waals surface area contributed by atoms with E-state index in [9.17, 15) is 24.3 Å². The standard InChI is InChI=1S/C29H45N3O7/c1-6-9-11-16-31(15-8-3)27(36)25-29-14-13-21(39-29)23(24(29)26(35)32(25)19(4)18-33)28(37)38-20(5)17-30-22(34)12-10-7-2/h7-8,19-21,23-25,33H,2-3,6,9-18H2,1,4-5H3,(H,30,34)/t19-,20+,21-,23+,24+,25-,29+/m1/s1. The maximum atomic E-state index is 14.1. The number of aliphatic hydroxyl groups excluding tert-OH is 1. The van der Waals surface area contributed by atoms with Gasteiger partial charge in [0.2, 0.25) is 17.7 Å². The summed E-state index contributed by atoms with van der Waals surface area (Å²) in [5.74, 6) is -3.07. The van der Waals surface area contributed by atoms with E-state index < -0.39 is 47.7 Å². The summed E-state index contributed by atoms with van der Waals surface area (Å²) in [5, 5.41) is 12.7. The highest BCUT2D eigenvalue weighted by atomic mass is 16.6. The fourth-order valence-electron chi connectivity index (χ4n) is 6.27. The highest BCUT2D eigenvalue weighted by Crippen LogP contribution is 2.59. The minimum Gasteiger partial charge on any atom is -0.460 e. The number of esters is 1. The van der Waals surface area contributed by atoms with Gasteiger partial charge in [-0.25, -0.2) is 0 Å². The molecule has 1 spiro atoms. The summed E-state index contributed by atoms with van der Waals surface area (Å²) < 4.78 is 12.1. The zero-order valence-electron chi connectivity index (χ0n) is 23.6. The molecule has 218 valence electrons. The third-order valence-electron chi connectivity index (χ3n) is 8.16. The maximum absolute atomic E-state index is 14.1. The highest BCUT2D eigenvalue weighted by molar-refractivity contribution is 5.98. The monoisotopic (exact) mass is 547 g/mol. The molecule has 0 aromatic heterocycles. The Bertz CT molecular complexity index is 940. The van der Waals surface area contributed by atoms with Gasteiger partial charge >= 0.3 is 5.97 Å². The van der Waals surface area contributed by atoms with E-state index in [2.05, 4.69) is 25.4 Å². The Kier molecular flexibility index (Phi) is 10.7. The SMILES string of the molecule is C=CCCC(=O)NC[C@H](C)OC(=O)[C@@H]1[C@H]2C(=O)N([C@H](C)CO)[C@H](C(=O)N(CC=C)CCCCC)[C@]23CC[C@H]1O3. The number of allylic oxidation sites excluding steroid dienone is 1. The van der Waals surface area contributed by atoms with E-state index in [1.807, 2.05) is 0 Å². The minimum absolute atomic E-state index is 0.146. The van der Waals surface area contributed by atoms with E-state index in [-0.39, 0.29) is 30.9 Å². The molecule has 2 N–H and O–H groups in total. The van der Waals surface area contributed by atoms with Gasteiger partial charge in [0.1, 0.15) is 17.7 Å². The molecule has 3 fully saturated rings. The lowest BCUT2D eigenvalue weighted by molar-refractivity contribution is -0.160. The molecule has 7 atom stereocenters. The summed E-state index contributed by atoms with van der Waals surface area (Å²) in [5.41, 5.74) is -1.15. The van der Waals surface area contributed by atoms with Gasteiger partial charge in [-0.15, -0.1) is 13.2 Å². The molecular formula is C29H45N3O7. The third kappa shape index (κ3) is 6.22. The van der Waals surface area contributed by atoms with Gasteiger partial charge in [-0.05, 0) is 39.5 Å². The van der Waals surface area contributed by atoms with Crippen LogP contribution in [-0.4, -0.2) is 94.7 Å². The van der Waals surface area contributed by atoms with Crippen molar-refractivity contribution in [3.05, 3.63) is 25.3 Å². The van der Waals surface area contributed by atoms with Crippen LogP contribution in [0.25, 0.3) is 0 Å². The fourth-order valence-corrected chi connectivity index (χ4v) is 6.27. The Morgan fingerprint density at radius 1 is 1.28 bits per heavy atom. The van der Waals surface area contributed by atoms with Crippen molar-refractivity contribution in [3.63, 3.8) is 0 Å². The summed E-state index contributed by atoms with van der Waals surface area (Å²) in [4.78, 5) is 56.5. The van der Waals surface area contributed by atoms with Crippen LogP contribution in [-0.2, 0) is 28.7 Å². The van der Waals surface area contributed by atoms with Gasteiger partial charge < -0.3 is 29.7 Å². The predicted octanol–water partition coefficient (Wildman–Crippen LogP) is 1.96. The Balaban J connectivity index is 1.83. The molecule has 0 radical (unpaired) electrons. The number of aliphatic hydroxyl groups is 1. The number of carbonyl (C=O) groups is 4. The van der Waals surface area contributed by atoms with Gasteiger partial charge in [0.25, 0.3) is 0 Å². The zero-order chi connectivity index (χ0) is 28.7. The van der Waals surface area contributed by atoms with Crippen molar-refractivity contribution < 1.29 is 33.8 Å². The van der Waals surface area contributed by atoms with Crippen molar-refractivity contribution in [2.24, 2.45) is 11.8 Å². The van der Waals surface area contributed by atoms with E-state index in [1.54, 1.807) is 30.9 Å². The smallest absolute Gasteiger partial charge is 0.312 e.